The lowest BCUT2D eigenvalue weighted by atomic mass is 9.92. The first kappa shape index (κ1) is 25.4. The molecule has 0 bridgehead atoms. The van der Waals surface area contributed by atoms with Gasteiger partial charge in [-0.25, -0.2) is 0 Å². The summed E-state index contributed by atoms with van der Waals surface area (Å²) in [5.74, 6) is -0.187. The van der Waals surface area contributed by atoms with Crippen molar-refractivity contribution in [3.8, 4) is 0 Å². The Morgan fingerprint density at radius 1 is 1.29 bits per heavy atom. The van der Waals surface area contributed by atoms with E-state index in [-0.39, 0.29) is 36.8 Å². The third kappa shape index (κ3) is 8.31. The summed E-state index contributed by atoms with van der Waals surface area (Å²) in [6, 6.07) is 9.41. The average Bonchev–Trinajstić information content (AvgIpc) is 2.50. The molecule has 0 aromatic heterocycles. The summed E-state index contributed by atoms with van der Waals surface area (Å²) >= 11 is 0. The van der Waals surface area contributed by atoms with Crippen LogP contribution >= 0.6 is 24.8 Å². The second-order valence-electron chi connectivity index (χ2n) is 5.95. The number of amides is 1. The number of nitrogens with two attached hydrogens (primary N) is 1. The van der Waals surface area contributed by atoms with Gasteiger partial charge in [-0.05, 0) is 39.9 Å². The molecule has 1 aromatic carbocycles. The van der Waals surface area contributed by atoms with Crippen LogP contribution in [0.1, 0.15) is 25.8 Å². The lowest BCUT2D eigenvalue weighted by Gasteiger charge is -2.26. The van der Waals surface area contributed by atoms with Crippen molar-refractivity contribution in [2.24, 2.45) is 5.73 Å². The second kappa shape index (κ2) is 12.5. The molecule has 0 saturated carbocycles. The van der Waals surface area contributed by atoms with Gasteiger partial charge in [0.05, 0.1) is 6.10 Å². The quantitative estimate of drug-likeness (QED) is 0.689. The highest BCUT2D eigenvalue weighted by Gasteiger charge is 2.30. The van der Waals surface area contributed by atoms with E-state index in [1.807, 2.05) is 51.4 Å². The second-order valence-corrected chi connectivity index (χ2v) is 5.95. The standard InChI is InChI=1S/C17H29N3O2.2ClH/c1-5-22-15(11-12-20(3)4)13-19-16(21)17(2,18)14-9-7-6-8-10-14;;/h6-10,15H,5,11-13,18H2,1-4H3,(H,19,21);2*1H. The number of benzene rings is 1. The maximum Gasteiger partial charge on any atom is 0.244 e. The predicted octanol–water partition coefficient (Wildman–Crippen LogP) is 2.18. The zero-order valence-electron chi connectivity index (χ0n) is 15.0. The molecule has 140 valence electrons. The molecule has 0 aliphatic carbocycles. The molecule has 0 aliphatic rings. The Bertz CT molecular complexity index is 456. The summed E-state index contributed by atoms with van der Waals surface area (Å²) in [4.78, 5) is 14.5. The fourth-order valence-electron chi connectivity index (χ4n) is 2.19. The largest absolute Gasteiger partial charge is 0.377 e. The number of nitrogens with zero attached hydrogens (tertiary/aromatic N) is 1. The maximum atomic E-state index is 12.4. The van der Waals surface area contributed by atoms with E-state index in [4.69, 9.17) is 10.5 Å². The van der Waals surface area contributed by atoms with E-state index in [0.29, 0.717) is 13.2 Å². The smallest absolute Gasteiger partial charge is 0.244 e. The first-order valence-electron chi connectivity index (χ1n) is 7.77. The van der Waals surface area contributed by atoms with Gasteiger partial charge in [0.15, 0.2) is 0 Å². The predicted molar refractivity (Wildman–Crippen MR) is 104 cm³/mol. The third-order valence-corrected chi connectivity index (χ3v) is 3.64. The summed E-state index contributed by atoms with van der Waals surface area (Å²) < 4.78 is 5.68. The van der Waals surface area contributed by atoms with Crippen LogP contribution in [0.25, 0.3) is 0 Å². The molecule has 2 unspecified atom stereocenters. The highest BCUT2D eigenvalue weighted by molar-refractivity contribution is 5.87. The van der Waals surface area contributed by atoms with Gasteiger partial charge in [-0.3, -0.25) is 4.79 Å². The molecule has 0 fully saturated rings. The van der Waals surface area contributed by atoms with E-state index in [1.165, 1.54) is 0 Å². The Kier molecular flexibility index (Phi) is 13.2. The van der Waals surface area contributed by atoms with Crippen LogP contribution in [0, 0.1) is 0 Å². The van der Waals surface area contributed by atoms with E-state index in [1.54, 1.807) is 6.92 Å². The highest BCUT2D eigenvalue weighted by atomic mass is 35.5. The monoisotopic (exact) mass is 379 g/mol. The number of rotatable bonds is 9. The molecule has 7 heteroatoms. The zero-order valence-corrected chi connectivity index (χ0v) is 16.6. The Hall–Kier alpha value is -0.850. The SMILES string of the molecule is CCOC(CCN(C)C)CNC(=O)C(C)(N)c1ccccc1.Cl.Cl. The molecule has 0 saturated heterocycles. The lowest BCUT2D eigenvalue weighted by molar-refractivity contribution is -0.126. The van der Waals surface area contributed by atoms with Gasteiger partial charge in [0.2, 0.25) is 5.91 Å². The first-order valence-corrected chi connectivity index (χ1v) is 7.77. The van der Waals surface area contributed by atoms with Gasteiger partial charge in [0, 0.05) is 19.7 Å². The minimum Gasteiger partial charge on any atom is -0.377 e. The molecule has 1 aromatic rings. The van der Waals surface area contributed by atoms with Gasteiger partial charge in [-0.15, -0.1) is 24.8 Å². The van der Waals surface area contributed by atoms with Crippen LogP contribution < -0.4 is 11.1 Å². The van der Waals surface area contributed by atoms with Crippen LogP contribution in [-0.4, -0.2) is 50.7 Å². The fraction of sp³-hybridized carbons (Fsp3) is 0.588. The molecule has 2 atom stereocenters. The molecule has 0 heterocycles. The molecular weight excluding hydrogens is 349 g/mol. The van der Waals surface area contributed by atoms with Crippen LogP contribution in [0.15, 0.2) is 30.3 Å². The van der Waals surface area contributed by atoms with Crippen LogP contribution in [0.4, 0.5) is 0 Å². The molecule has 3 N–H and O–H groups in total. The summed E-state index contributed by atoms with van der Waals surface area (Å²) in [5, 5.41) is 2.92. The zero-order chi connectivity index (χ0) is 16.6. The molecule has 0 radical (unpaired) electrons. The summed E-state index contributed by atoms with van der Waals surface area (Å²) in [6.45, 7) is 5.71. The number of ether oxygens (including phenoxy) is 1. The fourth-order valence-corrected chi connectivity index (χ4v) is 2.19. The van der Waals surface area contributed by atoms with Crippen LogP contribution in [0.5, 0.6) is 0 Å². The maximum absolute atomic E-state index is 12.4. The summed E-state index contributed by atoms with van der Waals surface area (Å²) in [7, 11) is 4.04. The number of hydrogen-bond donors (Lipinski definition) is 2. The minimum absolute atomic E-state index is 0. The molecule has 1 rings (SSSR count). The Labute approximate surface area is 158 Å². The van der Waals surface area contributed by atoms with Gasteiger partial charge >= 0.3 is 0 Å². The molecule has 5 nitrogen and oxygen atoms in total. The average molecular weight is 380 g/mol. The van der Waals surface area contributed by atoms with E-state index in [0.717, 1.165) is 18.5 Å². The van der Waals surface area contributed by atoms with E-state index in [9.17, 15) is 4.79 Å². The van der Waals surface area contributed by atoms with Gasteiger partial charge in [0.25, 0.3) is 0 Å². The van der Waals surface area contributed by atoms with Crippen molar-refractivity contribution in [3.05, 3.63) is 35.9 Å². The molecule has 1 amide bonds. The Morgan fingerprint density at radius 2 is 1.88 bits per heavy atom. The minimum atomic E-state index is -1.04. The Morgan fingerprint density at radius 3 is 2.38 bits per heavy atom. The number of carbonyl (C=O) groups is 1. The Balaban J connectivity index is 0. The van der Waals surface area contributed by atoms with Gasteiger partial charge < -0.3 is 20.7 Å². The molecule has 24 heavy (non-hydrogen) atoms. The van der Waals surface area contributed by atoms with Crippen LogP contribution in [0.2, 0.25) is 0 Å². The van der Waals surface area contributed by atoms with Crippen LogP contribution in [-0.2, 0) is 15.1 Å². The molecule has 0 spiro atoms. The van der Waals surface area contributed by atoms with Crippen molar-refractivity contribution in [1.29, 1.82) is 0 Å². The van der Waals surface area contributed by atoms with E-state index in [2.05, 4.69) is 10.2 Å². The van der Waals surface area contributed by atoms with Crippen molar-refractivity contribution in [1.82, 2.24) is 10.2 Å². The lowest BCUT2D eigenvalue weighted by Crippen LogP contribution is -2.51. The van der Waals surface area contributed by atoms with Crippen molar-refractivity contribution in [2.45, 2.75) is 31.9 Å². The number of carbonyl (C=O) groups excluding carboxylic acids is 1. The van der Waals surface area contributed by atoms with Gasteiger partial charge in [0.1, 0.15) is 5.54 Å². The highest BCUT2D eigenvalue weighted by Crippen LogP contribution is 2.17. The topological polar surface area (TPSA) is 67.6 Å². The third-order valence-electron chi connectivity index (χ3n) is 3.64. The number of halogens is 2. The summed E-state index contributed by atoms with van der Waals surface area (Å²) in [5.41, 5.74) is 5.96. The number of nitrogens with one attached hydrogen (secondary N) is 1. The van der Waals surface area contributed by atoms with Crippen molar-refractivity contribution >= 4 is 30.7 Å². The van der Waals surface area contributed by atoms with E-state index >= 15 is 0 Å². The van der Waals surface area contributed by atoms with Gasteiger partial charge in [-0.1, -0.05) is 30.3 Å². The van der Waals surface area contributed by atoms with E-state index < -0.39 is 5.54 Å². The van der Waals surface area contributed by atoms with Gasteiger partial charge in [-0.2, -0.15) is 0 Å². The van der Waals surface area contributed by atoms with Crippen LogP contribution in [0.3, 0.4) is 0 Å². The summed E-state index contributed by atoms with van der Waals surface area (Å²) in [6.07, 6.45) is 0.871. The number of hydrogen-bond acceptors (Lipinski definition) is 4. The van der Waals surface area contributed by atoms with Crippen molar-refractivity contribution in [2.75, 3.05) is 33.8 Å². The first-order chi connectivity index (χ1) is 10.4. The van der Waals surface area contributed by atoms with Crippen molar-refractivity contribution in [3.63, 3.8) is 0 Å². The van der Waals surface area contributed by atoms with Crippen molar-refractivity contribution < 1.29 is 9.53 Å². The normalized spacial score (nSPS) is 14.1. The molecule has 0 aliphatic heterocycles. The molecular formula is C17H31Cl2N3O2.